The second-order valence-electron chi connectivity index (χ2n) is 7.59. The second kappa shape index (κ2) is 7.52. The Morgan fingerprint density at radius 1 is 1.03 bits per heavy atom. The smallest absolute Gasteiger partial charge is 0.311 e. The van der Waals surface area contributed by atoms with Crippen LogP contribution < -0.4 is 11.2 Å². The monoisotopic (exact) mass is 505 g/mol. The summed E-state index contributed by atoms with van der Waals surface area (Å²) in [7, 11) is 3.00. The van der Waals surface area contributed by atoms with Crippen LogP contribution >= 0.6 is 15.9 Å². The van der Waals surface area contributed by atoms with Gasteiger partial charge in [-0.15, -0.1) is 0 Å². The summed E-state index contributed by atoms with van der Waals surface area (Å²) >= 11 is 3.49. The van der Waals surface area contributed by atoms with E-state index < -0.39 is 16.2 Å². The fourth-order valence-electron chi connectivity index (χ4n) is 4.09. The van der Waals surface area contributed by atoms with Gasteiger partial charge in [0.05, 0.1) is 32.7 Å². The van der Waals surface area contributed by atoms with Crippen LogP contribution in [0.25, 0.3) is 38.8 Å². The Labute approximate surface area is 194 Å². The number of nitro groups is 1. The van der Waals surface area contributed by atoms with Crippen molar-refractivity contribution in [1.29, 1.82) is 0 Å². The lowest BCUT2D eigenvalue weighted by Crippen LogP contribution is -2.36. The van der Waals surface area contributed by atoms with Crippen molar-refractivity contribution in [2.24, 2.45) is 14.1 Å². The van der Waals surface area contributed by atoms with Crippen LogP contribution in [0.3, 0.4) is 0 Å². The lowest BCUT2D eigenvalue weighted by Gasteiger charge is -2.13. The third-order valence-electron chi connectivity index (χ3n) is 5.73. The summed E-state index contributed by atoms with van der Waals surface area (Å²) in [5.41, 5.74) is 1.56. The van der Waals surface area contributed by atoms with Gasteiger partial charge in [0, 0.05) is 54.0 Å². The van der Waals surface area contributed by atoms with Crippen molar-refractivity contribution in [2.75, 3.05) is 0 Å². The van der Waals surface area contributed by atoms with Crippen LogP contribution in [0.4, 0.5) is 5.69 Å². The number of fused-ring (bicyclic) bond motifs is 2. The van der Waals surface area contributed by atoms with Crippen LogP contribution in [0.5, 0.6) is 0 Å². The van der Waals surface area contributed by atoms with Crippen LogP contribution in [0.15, 0.2) is 75.0 Å². The molecule has 0 spiro atoms. The Morgan fingerprint density at radius 3 is 2.55 bits per heavy atom. The first-order chi connectivity index (χ1) is 15.8. The van der Waals surface area contributed by atoms with Crippen molar-refractivity contribution in [3.05, 3.63) is 96.3 Å². The molecule has 0 N–H and O–H groups in total. The zero-order valence-electron chi connectivity index (χ0n) is 17.5. The number of benzene rings is 2. The van der Waals surface area contributed by atoms with E-state index in [-0.39, 0.29) is 11.1 Å². The van der Waals surface area contributed by atoms with Crippen molar-refractivity contribution < 1.29 is 4.92 Å². The molecule has 33 heavy (non-hydrogen) atoms. The second-order valence-corrected chi connectivity index (χ2v) is 8.44. The molecule has 9 nitrogen and oxygen atoms in total. The summed E-state index contributed by atoms with van der Waals surface area (Å²) in [6.45, 7) is 0. The molecule has 0 aliphatic rings. The average Bonchev–Trinajstić information content (AvgIpc) is 3.21. The maximum Gasteiger partial charge on any atom is 0.330 e. The molecule has 0 amide bonds. The topological polar surface area (TPSA) is 105 Å². The van der Waals surface area contributed by atoms with Crippen LogP contribution in [-0.2, 0) is 14.1 Å². The van der Waals surface area contributed by atoms with Crippen molar-refractivity contribution in [2.45, 2.75) is 0 Å². The lowest BCUT2D eigenvalue weighted by atomic mass is 10.1. The summed E-state index contributed by atoms with van der Waals surface area (Å²) in [6, 6.07) is 13.8. The van der Waals surface area contributed by atoms with Crippen molar-refractivity contribution in [3.8, 4) is 16.9 Å². The third-order valence-corrected chi connectivity index (χ3v) is 6.42. The Kier molecular flexibility index (Phi) is 4.75. The minimum absolute atomic E-state index is 0.119. The predicted octanol–water partition coefficient (Wildman–Crippen LogP) is 3.91. The molecule has 0 radical (unpaired) electrons. The quantitative estimate of drug-likeness (QED) is 0.273. The minimum Gasteiger partial charge on any atom is -0.311 e. The largest absolute Gasteiger partial charge is 0.330 e. The molecule has 0 saturated carbocycles. The Balaban J connectivity index is 2.03. The van der Waals surface area contributed by atoms with Crippen LogP contribution in [-0.4, -0.2) is 23.6 Å². The van der Waals surface area contributed by atoms with Gasteiger partial charge in [-0.05, 0) is 18.2 Å². The van der Waals surface area contributed by atoms with Crippen molar-refractivity contribution in [1.82, 2.24) is 18.7 Å². The number of nitrogens with zero attached hydrogens (tertiary/aromatic N) is 5. The normalized spacial score (nSPS) is 11.4. The van der Waals surface area contributed by atoms with Gasteiger partial charge in [-0.25, -0.2) is 4.79 Å². The third kappa shape index (κ3) is 3.10. The van der Waals surface area contributed by atoms with Gasteiger partial charge in [-0.1, -0.05) is 34.1 Å². The average molecular weight is 506 g/mol. The summed E-state index contributed by atoms with van der Waals surface area (Å²) in [4.78, 5) is 41.5. The van der Waals surface area contributed by atoms with Gasteiger partial charge in [-0.2, -0.15) is 0 Å². The zero-order chi connectivity index (χ0) is 23.4. The summed E-state index contributed by atoms with van der Waals surface area (Å²) in [5, 5.41) is 12.7. The number of non-ortho nitro benzene ring substituents is 1. The van der Waals surface area contributed by atoms with Gasteiger partial charge in [0.1, 0.15) is 0 Å². The highest BCUT2D eigenvalue weighted by molar-refractivity contribution is 9.10. The first kappa shape index (κ1) is 20.8. The van der Waals surface area contributed by atoms with E-state index in [9.17, 15) is 19.7 Å². The molecule has 0 unspecified atom stereocenters. The van der Waals surface area contributed by atoms with E-state index in [1.54, 1.807) is 30.1 Å². The van der Waals surface area contributed by atoms with Gasteiger partial charge >= 0.3 is 5.69 Å². The number of hydrogen-bond donors (Lipinski definition) is 0. The Hall–Kier alpha value is -4.05. The number of pyridine rings is 1. The van der Waals surface area contributed by atoms with E-state index in [0.717, 1.165) is 9.95 Å². The van der Waals surface area contributed by atoms with Gasteiger partial charge < -0.3 is 4.57 Å². The van der Waals surface area contributed by atoms with Crippen LogP contribution in [0, 0.1) is 10.1 Å². The molecule has 0 atom stereocenters. The maximum atomic E-state index is 13.3. The van der Waals surface area contributed by atoms with Gasteiger partial charge in [0.25, 0.3) is 11.2 Å². The molecule has 0 saturated heterocycles. The summed E-state index contributed by atoms with van der Waals surface area (Å²) < 4.78 is 4.76. The van der Waals surface area contributed by atoms with E-state index in [4.69, 9.17) is 0 Å². The number of aryl methyl sites for hydroxylation is 1. The summed E-state index contributed by atoms with van der Waals surface area (Å²) in [6.07, 6.45) is 3.37. The molecule has 164 valence electrons. The van der Waals surface area contributed by atoms with E-state index in [1.165, 1.54) is 23.7 Å². The molecule has 3 heterocycles. The molecule has 2 aromatic carbocycles. The zero-order valence-corrected chi connectivity index (χ0v) is 19.1. The van der Waals surface area contributed by atoms with E-state index in [0.29, 0.717) is 32.5 Å². The standard InChI is InChI=1S/C23H16BrN5O4/c1-26-18-12-28(17-7-3-5-13-6-4-10-25-20(13)17)21(19(18)22(30)27(2)23(26)31)15-11-14(29(32)33)8-9-16(15)24/h3-12H,1-2H3. The fraction of sp³-hybridized carbons (Fsp3) is 0.0870. The lowest BCUT2D eigenvalue weighted by molar-refractivity contribution is -0.384. The molecule has 5 rings (SSSR count). The molecule has 5 aromatic rings. The number of hydrogen-bond acceptors (Lipinski definition) is 5. The molecule has 3 aromatic heterocycles. The molecular weight excluding hydrogens is 490 g/mol. The predicted molar refractivity (Wildman–Crippen MR) is 129 cm³/mol. The number of rotatable bonds is 3. The van der Waals surface area contributed by atoms with Crippen LogP contribution in [0.1, 0.15) is 0 Å². The Bertz CT molecular complexity index is 1730. The van der Waals surface area contributed by atoms with Gasteiger partial charge in [0.15, 0.2) is 0 Å². The fourth-order valence-corrected chi connectivity index (χ4v) is 4.52. The highest BCUT2D eigenvalue weighted by Crippen LogP contribution is 2.38. The number of nitro benzene ring substituents is 1. The molecule has 0 fully saturated rings. The summed E-state index contributed by atoms with van der Waals surface area (Å²) in [5.74, 6) is 0. The van der Waals surface area contributed by atoms with E-state index in [2.05, 4.69) is 20.9 Å². The van der Waals surface area contributed by atoms with E-state index >= 15 is 0 Å². The first-order valence-electron chi connectivity index (χ1n) is 9.89. The molecular formula is C23H16BrN5O4. The van der Waals surface area contributed by atoms with Crippen LogP contribution in [0.2, 0.25) is 0 Å². The van der Waals surface area contributed by atoms with Gasteiger partial charge in [0.2, 0.25) is 0 Å². The SMILES string of the molecule is Cn1c(=O)c2c(-c3cc([N+](=O)[O-])ccc3Br)n(-c3cccc4cccnc34)cc2n(C)c1=O. The Morgan fingerprint density at radius 2 is 1.79 bits per heavy atom. The minimum atomic E-state index is -0.492. The number of para-hydroxylation sites is 1. The van der Waals surface area contributed by atoms with Crippen molar-refractivity contribution in [3.63, 3.8) is 0 Å². The van der Waals surface area contributed by atoms with Gasteiger partial charge in [-0.3, -0.25) is 29.0 Å². The highest BCUT2D eigenvalue weighted by atomic mass is 79.9. The van der Waals surface area contributed by atoms with Crippen molar-refractivity contribution >= 4 is 43.4 Å². The van der Waals surface area contributed by atoms with E-state index in [1.807, 2.05) is 30.3 Å². The molecule has 0 bridgehead atoms. The first-order valence-corrected chi connectivity index (χ1v) is 10.7. The number of aromatic nitrogens is 4. The molecule has 0 aliphatic carbocycles. The maximum absolute atomic E-state index is 13.3. The molecule has 0 aliphatic heterocycles. The molecule has 10 heteroatoms. The number of halogens is 1. The highest BCUT2D eigenvalue weighted by Gasteiger charge is 2.24.